The number of hydrogen-bond acceptors (Lipinski definition) is 2. The third-order valence-corrected chi connectivity index (χ3v) is 1.55. The van der Waals surface area contributed by atoms with Crippen molar-refractivity contribution in [3.8, 4) is 0 Å². The topological polar surface area (TPSA) is 47.5 Å². The lowest BCUT2D eigenvalue weighted by Crippen LogP contribution is -2.29. The van der Waals surface area contributed by atoms with E-state index in [9.17, 15) is 0 Å². The number of rotatable bonds is 3. The summed E-state index contributed by atoms with van der Waals surface area (Å²) in [4.78, 5) is 0. The van der Waals surface area contributed by atoms with Crippen molar-refractivity contribution >= 4 is 11.8 Å². The van der Waals surface area contributed by atoms with Crippen LogP contribution in [0.4, 0.5) is 0 Å². The first-order valence-corrected chi connectivity index (χ1v) is 3.56. The predicted octanol–water partition coefficient (Wildman–Crippen LogP) is 1.17. The van der Waals surface area contributed by atoms with Gasteiger partial charge in [0.15, 0.2) is 11.8 Å². The first-order valence-electron chi connectivity index (χ1n) is 3.22. The number of quaternary nitrogens is 1. The lowest BCUT2D eigenvalue weighted by atomic mass is 10.3. The van der Waals surface area contributed by atoms with Gasteiger partial charge >= 0.3 is 0 Å². The van der Waals surface area contributed by atoms with Crippen LogP contribution in [0.5, 0.6) is 0 Å². The predicted molar refractivity (Wildman–Crippen MR) is 42.2 cm³/mol. The Bertz CT molecular complexity index is 98.4. The van der Waals surface area contributed by atoms with Gasteiger partial charge in [-0.2, -0.15) is 0 Å². The molecule has 0 aliphatic carbocycles. The van der Waals surface area contributed by atoms with Crippen LogP contribution in [-0.4, -0.2) is 37.4 Å². The molecule has 1 rings (SSSR count). The highest BCUT2D eigenvalue weighted by atomic mass is 35.5. The molecule has 62 valence electrons. The molecule has 3 nitrogen and oxygen atoms in total. The molecule has 1 unspecified atom stereocenters. The molecular weight excluding hydrogens is 152 g/mol. The molecule has 1 aliphatic heterocycles. The van der Waals surface area contributed by atoms with Crippen LogP contribution in [0.1, 0.15) is 6.42 Å². The second kappa shape index (κ2) is 3.53. The molecule has 10 heavy (non-hydrogen) atoms. The van der Waals surface area contributed by atoms with E-state index in [-0.39, 0.29) is 6.15 Å². The van der Waals surface area contributed by atoms with Crippen LogP contribution < -0.4 is 6.15 Å². The Morgan fingerprint density at radius 2 is 2.10 bits per heavy atom. The summed E-state index contributed by atoms with van der Waals surface area (Å²) in [6, 6.07) is 0. The summed E-state index contributed by atoms with van der Waals surface area (Å²) in [7, 11) is 3.95. The second-order valence-electron chi connectivity index (χ2n) is 3.00. The molecule has 1 fully saturated rings. The standard InChI is InChI=1S/C6H13ClNO.H3N/c1-8(2,7)4-3-6-5-9-6;/h6H,3-5H2,1-2H3;1H3/q+1;. The van der Waals surface area contributed by atoms with Gasteiger partial charge in [-0.25, -0.2) is 4.00 Å². The van der Waals surface area contributed by atoms with Crippen LogP contribution in [0.2, 0.25) is 0 Å². The van der Waals surface area contributed by atoms with Crippen molar-refractivity contribution in [3.63, 3.8) is 0 Å². The fraction of sp³-hybridized carbons (Fsp3) is 1.00. The lowest BCUT2D eigenvalue weighted by Gasteiger charge is -2.16. The van der Waals surface area contributed by atoms with Gasteiger partial charge in [0.05, 0.1) is 33.4 Å². The van der Waals surface area contributed by atoms with Crippen molar-refractivity contribution in [1.82, 2.24) is 6.15 Å². The molecule has 0 spiro atoms. The Kier molecular flexibility index (Phi) is 3.59. The molecule has 0 aromatic heterocycles. The zero-order valence-electron chi connectivity index (χ0n) is 6.64. The second-order valence-corrected chi connectivity index (χ2v) is 3.92. The molecule has 0 saturated carbocycles. The summed E-state index contributed by atoms with van der Waals surface area (Å²) in [5, 5.41) is 0. The molecule has 0 bridgehead atoms. The van der Waals surface area contributed by atoms with E-state index in [4.69, 9.17) is 16.5 Å². The van der Waals surface area contributed by atoms with E-state index in [1.54, 1.807) is 0 Å². The van der Waals surface area contributed by atoms with Gasteiger partial charge in [0.1, 0.15) is 0 Å². The Morgan fingerprint density at radius 3 is 2.40 bits per heavy atom. The first kappa shape index (κ1) is 10.2. The minimum absolute atomic E-state index is 0. The van der Waals surface area contributed by atoms with Gasteiger partial charge in [-0.05, 0) is 0 Å². The molecule has 3 N–H and O–H groups in total. The van der Waals surface area contributed by atoms with Gasteiger partial charge < -0.3 is 10.9 Å². The maximum absolute atomic E-state index is 5.89. The molecule has 0 aromatic carbocycles. The summed E-state index contributed by atoms with van der Waals surface area (Å²) in [5.41, 5.74) is 0. The molecule has 1 atom stereocenters. The fourth-order valence-corrected chi connectivity index (χ4v) is 0.783. The highest BCUT2D eigenvalue weighted by molar-refractivity contribution is 6.06. The molecule has 0 aromatic rings. The van der Waals surface area contributed by atoms with Crippen molar-refractivity contribution in [3.05, 3.63) is 0 Å². The van der Waals surface area contributed by atoms with Crippen LogP contribution in [0.25, 0.3) is 0 Å². The van der Waals surface area contributed by atoms with Crippen LogP contribution >= 0.6 is 11.8 Å². The minimum atomic E-state index is 0. The van der Waals surface area contributed by atoms with Crippen molar-refractivity contribution in [2.45, 2.75) is 12.5 Å². The molecule has 0 amide bonds. The normalized spacial score (nSPS) is 23.7. The van der Waals surface area contributed by atoms with Gasteiger partial charge in [0.25, 0.3) is 0 Å². The summed E-state index contributed by atoms with van der Waals surface area (Å²) >= 11 is 5.89. The molecular formula is C6H16ClN2O+. The third kappa shape index (κ3) is 4.99. The van der Waals surface area contributed by atoms with Gasteiger partial charge in [0.2, 0.25) is 0 Å². The summed E-state index contributed by atoms with van der Waals surface area (Å²) in [5.74, 6) is 0. The van der Waals surface area contributed by atoms with E-state index < -0.39 is 0 Å². The van der Waals surface area contributed by atoms with Crippen molar-refractivity contribution in [2.75, 3.05) is 27.2 Å². The van der Waals surface area contributed by atoms with E-state index in [2.05, 4.69) is 0 Å². The van der Waals surface area contributed by atoms with E-state index >= 15 is 0 Å². The number of nitrogens with zero attached hydrogens (tertiary/aromatic N) is 1. The summed E-state index contributed by atoms with van der Waals surface area (Å²) in [6.07, 6.45) is 1.61. The highest BCUT2D eigenvalue weighted by Gasteiger charge is 2.25. The summed E-state index contributed by atoms with van der Waals surface area (Å²) in [6.45, 7) is 1.93. The Labute approximate surface area is 67.2 Å². The zero-order valence-corrected chi connectivity index (χ0v) is 7.40. The molecule has 1 heterocycles. The minimum Gasteiger partial charge on any atom is -0.373 e. The van der Waals surface area contributed by atoms with E-state index in [1.807, 2.05) is 14.1 Å². The summed E-state index contributed by atoms with van der Waals surface area (Å²) < 4.78 is 5.56. The SMILES string of the molecule is C[N+](C)(Cl)CCC1CO1.N. The number of ether oxygens (including phenoxy) is 1. The lowest BCUT2D eigenvalue weighted by molar-refractivity contribution is -0.771. The smallest absolute Gasteiger partial charge is 0.164 e. The Balaban J connectivity index is 0.000000810. The average molecular weight is 168 g/mol. The quantitative estimate of drug-likeness (QED) is 0.507. The van der Waals surface area contributed by atoms with Crippen molar-refractivity contribution < 1.29 is 8.74 Å². The monoisotopic (exact) mass is 167 g/mol. The van der Waals surface area contributed by atoms with Gasteiger partial charge in [-0.3, -0.25) is 0 Å². The van der Waals surface area contributed by atoms with Gasteiger partial charge in [-0.1, -0.05) is 0 Å². The van der Waals surface area contributed by atoms with Crippen LogP contribution in [-0.2, 0) is 4.74 Å². The van der Waals surface area contributed by atoms with Crippen molar-refractivity contribution in [2.24, 2.45) is 0 Å². The number of hydrogen-bond donors (Lipinski definition) is 1. The van der Waals surface area contributed by atoms with Gasteiger partial charge in [0, 0.05) is 6.42 Å². The first-order chi connectivity index (χ1) is 4.08. The fourth-order valence-electron chi connectivity index (χ4n) is 0.686. The number of epoxide rings is 1. The molecule has 4 heteroatoms. The Morgan fingerprint density at radius 1 is 1.60 bits per heavy atom. The van der Waals surface area contributed by atoms with Gasteiger partial charge in [-0.15, -0.1) is 0 Å². The molecule has 0 radical (unpaired) electrons. The van der Waals surface area contributed by atoms with Crippen LogP contribution in [0.3, 0.4) is 0 Å². The average Bonchev–Trinajstić information content (AvgIpc) is 2.38. The maximum Gasteiger partial charge on any atom is 0.164 e. The largest absolute Gasteiger partial charge is 0.373 e. The van der Waals surface area contributed by atoms with E-state index in [0.29, 0.717) is 10.1 Å². The number of halogens is 1. The Hall–Kier alpha value is 0.170. The zero-order chi connectivity index (χ0) is 6.91. The third-order valence-electron chi connectivity index (χ3n) is 1.39. The molecule has 1 saturated heterocycles. The van der Waals surface area contributed by atoms with E-state index in [0.717, 1.165) is 19.6 Å². The highest BCUT2D eigenvalue weighted by Crippen LogP contribution is 2.16. The van der Waals surface area contributed by atoms with Crippen molar-refractivity contribution in [1.29, 1.82) is 0 Å². The molecule has 1 aliphatic rings. The van der Waals surface area contributed by atoms with Crippen LogP contribution in [0, 0.1) is 0 Å². The maximum atomic E-state index is 5.89. The van der Waals surface area contributed by atoms with Crippen LogP contribution in [0.15, 0.2) is 0 Å². The van der Waals surface area contributed by atoms with E-state index in [1.165, 1.54) is 0 Å².